The van der Waals surface area contributed by atoms with Crippen LogP contribution in [0.4, 0.5) is 0 Å². The molecule has 0 N–H and O–H groups in total. The molecule has 0 spiro atoms. The van der Waals surface area contributed by atoms with Crippen molar-refractivity contribution in [2.45, 2.75) is 31.6 Å². The predicted molar refractivity (Wildman–Crippen MR) is 67.5 cm³/mol. The SMILES string of the molecule is COC(=O)C(c1nnc2ccncn12)C1CCCC1. The lowest BCUT2D eigenvalue weighted by Crippen LogP contribution is -2.23. The molecule has 1 aliphatic rings. The minimum atomic E-state index is -0.341. The average Bonchev–Trinajstić information content (AvgIpc) is 3.09. The second kappa shape index (κ2) is 4.95. The second-order valence-electron chi connectivity index (χ2n) is 4.91. The fourth-order valence-electron chi connectivity index (χ4n) is 2.90. The van der Waals surface area contributed by atoms with Crippen LogP contribution < -0.4 is 0 Å². The Balaban J connectivity index is 2.05. The van der Waals surface area contributed by atoms with Crippen LogP contribution in [0.25, 0.3) is 5.65 Å². The van der Waals surface area contributed by atoms with Gasteiger partial charge in [0.2, 0.25) is 0 Å². The quantitative estimate of drug-likeness (QED) is 0.783. The monoisotopic (exact) mass is 260 g/mol. The Morgan fingerprint density at radius 3 is 2.95 bits per heavy atom. The summed E-state index contributed by atoms with van der Waals surface area (Å²) in [6.07, 6.45) is 7.70. The summed E-state index contributed by atoms with van der Waals surface area (Å²) in [5.74, 6) is 0.360. The van der Waals surface area contributed by atoms with Gasteiger partial charge in [-0.25, -0.2) is 4.98 Å². The standard InChI is InChI=1S/C13H16N4O2/c1-19-13(18)11(9-4-2-3-5-9)12-16-15-10-6-7-14-8-17(10)12/h6-9,11H,2-5H2,1H3. The highest BCUT2D eigenvalue weighted by Crippen LogP contribution is 2.37. The van der Waals surface area contributed by atoms with Crippen molar-refractivity contribution in [1.82, 2.24) is 19.6 Å². The van der Waals surface area contributed by atoms with E-state index in [4.69, 9.17) is 4.74 Å². The molecule has 1 fully saturated rings. The summed E-state index contributed by atoms with van der Waals surface area (Å²) in [4.78, 5) is 16.2. The topological polar surface area (TPSA) is 69.4 Å². The first-order valence-corrected chi connectivity index (χ1v) is 6.53. The van der Waals surface area contributed by atoms with Gasteiger partial charge < -0.3 is 4.74 Å². The van der Waals surface area contributed by atoms with Crippen molar-refractivity contribution in [3.05, 3.63) is 24.4 Å². The molecule has 1 aliphatic carbocycles. The summed E-state index contributed by atoms with van der Waals surface area (Å²) >= 11 is 0. The Bertz CT molecular complexity index is 589. The molecule has 0 bridgehead atoms. The van der Waals surface area contributed by atoms with Gasteiger partial charge in [0.1, 0.15) is 12.2 Å². The number of esters is 1. The highest BCUT2D eigenvalue weighted by Gasteiger charge is 2.36. The average molecular weight is 260 g/mol. The van der Waals surface area contributed by atoms with Crippen molar-refractivity contribution < 1.29 is 9.53 Å². The van der Waals surface area contributed by atoms with Crippen LogP contribution in [0.1, 0.15) is 37.4 Å². The van der Waals surface area contributed by atoms with Crippen LogP contribution in [-0.4, -0.2) is 32.7 Å². The summed E-state index contributed by atoms with van der Waals surface area (Å²) in [6.45, 7) is 0. The molecule has 3 rings (SSSR count). The van der Waals surface area contributed by atoms with Crippen LogP contribution in [0.2, 0.25) is 0 Å². The maximum Gasteiger partial charge on any atom is 0.316 e. The molecular formula is C13H16N4O2. The zero-order chi connectivity index (χ0) is 13.2. The molecule has 6 heteroatoms. The van der Waals surface area contributed by atoms with Gasteiger partial charge in [0, 0.05) is 12.3 Å². The van der Waals surface area contributed by atoms with Crippen LogP contribution in [0.15, 0.2) is 18.6 Å². The van der Waals surface area contributed by atoms with E-state index in [1.165, 1.54) is 7.11 Å². The van der Waals surface area contributed by atoms with Crippen molar-refractivity contribution in [2.24, 2.45) is 5.92 Å². The number of fused-ring (bicyclic) bond motifs is 1. The molecule has 1 unspecified atom stereocenters. The number of nitrogens with zero attached hydrogens (tertiary/aromatic N) is 4. The van der Waals surface area contributed by atoms with Gasteiger partial charge in [-0.15, -0.1) is 10.2 Å². The third kappa shape index (κ3) is 2.07. The molecular weight excluding hydrogens is 244 g/mol. The molecule has 1 saturated carbocycles. The van der Waals surface area contributed by atoms with Gasteiger partial charge in [0.25, 0.3) is 0 Å². The highest BCUT2D eigenvalue weighted by atomic mass is 16.5. The van der Waals surface area contributed by atoms with E-state index in [2.05, 4.69) is 15.2 Å². The Labute approximate surface area is 110 Å². The van der Waals surface area contributed by atoms with Gasteiger partial charge in [-0.3, -0.25) is 9.20 Å². The lowest BCUT2D eigenvalue weighted by Gasteiger charge is -2.19. The van der Waals surface area contributed by atoms with Crippen LogP contribution in [-0.2, 0) is 9.53 Å². The van der Waals surface area contributed by atoms with Crippen LogP contribution >= 0.6 is 0 Å². The number of rotatable bonds is 3. The Kier molecular flexibility index (Phi) is 3.15. The van der Waals surface area contributed by atoms with Crippen LogP contribution in [0, 0.1) is 5.92 Å². The minimum Gasteiger partial charge on any atom is -0.468 e. The molecule has 2 aromatic rings. The number of carbonyl (C=O) groups excluding carboxylic acids is 1. The molecule has 19 heavy (non-hydrogen) atoms. The summed E-state index contributed by atoms with van der Waals surface area (Å²) in [6, 6.07) is 1.78. The zero-order valence-corrected chi connectivity index (χ0v) is 10.8. The van der Waals surface area contributed by atoms with Crippen molar-refractivity contribution in [1.29, 1.82) is 0 Å². The van der Waals surface area contributed by atoms with E-state index in [1.54, 1.807) is 23.0 Å². The number of ether oxygens (including phenoxy) is 1. The van der Waals surface area contributed by atoms with E-state index >= 15 is 0 Å². The van der Waals surface area contributed by atoms with E-state index in [0.29, 0.717) is 17.4 Å². The first-order valence-electron chi connectivity index (χ1n) is 6.53. The molecule has 0 saturated heterocycles. The third-order valence-corrected chi connectivity index (χ3v) is 3.84. The van der Waals surface area contributed by atoms with Crippen molar-refractivity contribution in [3.63, 3.8) is 0 Å². The molecule has 1 atom stereocenters. The molecule has 0 radical (unpaired) electrons. The maximum atomic E-state index is 12.1. The van der Waals surface area contributed by atoms with Crippen LogP contribution in [0.5, 0.6) is 0 Å². The van der Waals surface area contributed by atoms with Gasteiger partial charge in [-0.1, -0.05) is 12.8 Å². The van der Waals surface area contributed by atoms with Gasteiger partial charge >= 0.3 is 5.97 Å². The fourth-order valence-corrected chi connectivity index (χ4v) is 2.90. The van der Waals surface area contributed by atoms with E-state index in [-0.39, 0.29) is 11.9 Å². The molecule has 100 valence electrons. The van der Waals surface area contributed by atoms with E-state index in [9.17, 15) is 4.79 Å². The Hall–Kier alpha value is -1.98. The molecule has 0 aromatic carbocycles. The predicted octanol–water partition coefficient (Wildman–Crippen LogP) is 1.57. The van der Waals surface area contributed by atoms with Gasteiger partial charge in [0.05, 0.1) is 7.11 Å². The van der Waals surface area contributed by atoms with Crippen molar-refractivity contribution >= 4 is 11.6 Å². The normalized spacial score (nSPS) is 17.7. The number of aromatic nitrogens is 4. The lowest BCUT2D eigenvalue weighted by molar-refractivity contribution is -0.144. The molecule has 2 heterocycles. The van der Waals surface area contributed by atoms with Gasteiger partial charge in [-0.2, -0.15) is 0 Å². The van der Waals surface area contributed by atoms with Gasteiger partial charge in [-0.05, 0) is 18.8 Å². The third-order valence-electron chi connectivity index (χ3n) is 3.84. The molecule has 2 aromatic heterocycles. The molecule has 0 aliphatic heterocycles. The fraction of sp³-hybridized carbons (Fsp3) is 0.538. The summed E-state index contributed by atoms with van der Waals surface area (Å²) in [7, 11) is 1.42. The van der Waals surface area contributed by atoms with E-state index < -0.39 is 0 Å². The summed E-state index contributed by atoms with van der Waals surface area (Å²) in [5, 5.41) is 8.27. The largest absolute Gasteiger partial charge is 0.468 e. The first kappa shape index (κ1) is 12.1. The van der Waals surface area contributed by atoms with Gasteiger partial charge in [0.15, 0.2) is 11.5 Å². The van der Waals surface area contributed by atoms with Crippen molar-refractivity contribution in [2.75, 3.05) is 7.11 Å². The van der Waals surface area contributed by atoms with Crippen LogP contribution in [0.3, 0.4) is 0 Å². The van der Waals surface area contributed by atoms with E-state index in [1.807, 2.05) is 0 Å². The Morgan fingerprint density at radius 1 is 1.42 bits per heavy atom. The maximum absolute atomic E-state index is 12.1. The molecule has 0 amide bonds. The number of hydrogen-bond donors (Lipinski definition) is 0. The van der Waals surface area contributed by atoms with E-state index in [0.717, 1.165) is 25.7 Å². The second-order valence-corrected chi connectivity index (χ2v) is 4.91. The first-order chi connectivity index (χ1) is 9.31. The minimum absolute atomic E-state index is 0.231. The summed E-state index contributed by atoms with van der Waals surface area (Å²) in [5.41, 5.74) is 0.705. The smallest absolute Gasteiger partial charge is 0.316 e. The zero-order valence-electron chi connectivity index (χ0n) is 10.8. The number of methoxy groups -OCH3 is 1. The lowest BCUT2D eigenvalue weighted by atomic mass is 9.90. The number of hydrogen-bond acceptors (Lipinski definition) is 5. The molecule has 6 nitrogen and oxygen atoms in total. The Morgan fingerprint density at radius 2 is 2.21 bits per heavy atom. The van der Waals surface area contributed by atoms with Crippen molar-refractivity contribution in [3.8, 4) is 0 Å². The number of carbonyl (C=O) groups is 1. The summed E-state index contributed by atoms with van der Waals surface area (Å²) < 4.78 is 6.73. The highest BCUT2D eigenvalue weighted by molar-refractivity contribution is 5.77.